The summed E-state index contributed by atoms with van der Waals surface area (Å²) < 4.78 is 38.2. The second-order valence-corrected chi connectivity index (χ2v) is 6.42. The van der Waals surface area contributed by atoms with Crippen LogP contribution in [-0.2, 0) is 4.79 Å². The van der Waals surface area contributed by atoms with Crippen LogP contribution in [0.2, 0.25) is 0 Å². The summed E-state index contributed by atoms with van der Waals surface area (Å²) in [6, 6.07) is -0.303. The first-order valence-electron chi connectivity index (χ1n) is 8.02. The minimum Gasteiger partial charge on any atom is -0.353 e. The normalized spacial score (nSPS) is 30.9. The molecule has 1 aliphatic carbocycles. The van der Waals surface area contributed by atoms with E-state index in [1.165, 1.54) is 0 Å². The molecule has 3 unspecified atom stereocenters. The molecule has 0 spiro atoms. The lowest BCUT2D eigenvalue weighted by atomic mass is 9.85. The van der Waals surface area contributed by atoms with Crippen molar-refractivity contribution in [3.8, 4) is 0 Å². The minimum absolute atomic E-state index is 0.0419. The van der Waals surface area contributed by atoms with Gasteiger partial charge in [-0.2, -0.15) is 13.2 Å². The molecule has 1 aliphatic heterocycles. The largest absolute Gasteiger partial charge is 0.391 e. The molecule has 2 rings (SSSR count). The summed E-state index contributed by atoms with van der Waals surface area (Å²) in [5.41, 5.74) is 0. The van der Waals surface area contributed by atoms with Crippen LogP contribution in [0.3, 0.4) is 0 Å². The van der Waals surface area contributed by atoms with Gasteiger partial charge in [-0.3, -0.25) is 4.79 Å². The van der Waals surface area contributed by atoms with Crippen molar-refractivity contribution in [3.63, 3.8) is 0 Å². The lowest BCUT2D eigenvalue weighted by molar-refractivity contribution is -0.184. The number of hydrogen-bond donors (Lipinski definition) is 2. The number of nitrogens with one attached hydrogen (secondary N) is 2. The number of amides is 1. The summed E-state index contributed by atoms with van der Waals surface area (Å²) in [6.45, 7) is 2.00. The molecule has 3 nitrogen and oxygen atoms in total. The van der Waals surface area contributed by atoms with Crippen LogP contribution in [0, 0.1) is 11.8 Å². The van der Waals surface area contributed by atoms with E-state index in [2.05, 4.69) is 10.6 Å². The molecule has 1 saturated heterocycles. The fourth-order valence-electron chi connectivity index (χ4n) is 3.42. The summed E-state index contributed by atoms with van der Waals surface area (Å²) in [7, 11) is 0. The van der Waals surface area contributed by atoms with Crippen LogP contribution < -0.4 is 10.6 Å². The Hall–Kier alpha value is -0.780. The van der Waals surface area contributed by atoms with E-state index in [1.807, 2.05) is 0 Å². The molecule has 1 heterocycles. The molecular formula is C15H25F3N2O. The Kier molecular flexibility index (Phi) is 5.90. The van der Waals surface area contributed by atoms with Gasteiger partial charge in [0.25, 0.3) is 0 Å². The van der Waals surface area contributed by atoms with Gasteiger partial charge < -0.3 is 10.6 Å². The van der Waals surface area contributed by atoms with E-state index in [-0.39, 0.29) is 24.8 Å². The molecule has 0 radical (unpaired) electrons. The van der Waals surface area contributed by atoms with Gasteiger partial charge in [0.1, 0.15) is 0 Å². The van der Waals surface area contributed by atoms with Crippen molar-refractivity contribution in [2.75, 3.05) is 13.1 Å². The molecule has 0 bridgehead atoms. The maximum Gasteiger partial charge on any atom is 0.391 e. The van der Waals surface area contributed by atoms with E-state index in [0.29, 0.717) is 25.2 Å². The third kappa shape index (κ3) is 5.49. The van der Waals surface area contributed by atoms with Crippen molar-refractivity contribution in [1.82, 2.24) is 10.6 Å². The fraction of sp³-hybridized carbons (Fsp3) is 0.933. The average molecular weight is 306 g/mol. The van der Waals surface area contributed by atoms with Crippen molar-refractivity contribution < 1.29 is 18.0 Å². The molecule has 3 atom stereocenters. The van der Waals surface area contributed by atoms with Crippen molar-refractivity contribution in [2.24, 2.45) is 11.8 Å². The highest BCUT2D eigenvalue weighted by Crippen LogP contribution is 2.37. The molecule has 122 valence electrons. The smallest absolute Gasteiger partial charge is 0.353 e. The van der Waals surface area contributed by atoms with E-state index in [9.17, 15) is 18.0 Å². The minimum atomic E-state index is -4.13. The maximum absolute atomic E-state index is 12.7. The summed E-state index contributed by atoms with van der Waals surface area (Å²) in [5.74, 6) is -0.814. The zero-order valence-electron chi connectivity index (χ0n) is 12.3. The summed E-state index contributed by atoms with van der Waals surface area (Å²) >= 11 is 0. The van der Waals surface area contributed by atoms with E-state index >= 15 is 0 Å². The first kappa shape index (κ1) is 16.6. The highest BCUT2D eigenvalue weighted by molar-refractivity contribution is 5.76. The Morgan fingerprint density at radius 1 is 1.19 bits per heavy atom. The van der Waals surface area contributed by atoms with E-state index < -0.39 is 12.1 Å². The van der Waals surface area contributed by atoms with Crippen molar-refractivity contribution in [3.05, 3.63) is 0 Å². The van der Waals surface area contributed by atoms with Gasteiger partial charge >= 0.3 is 6.18 Å². The molecule has 2 fully saturated rings. The van der Waals surface area contributed by atoms with Gasteiger partial charge in [0.2, 0.25) is 5.91 Å². The quantitative estimate of drug-likeness (QED) is 0.838. The third-order valence-corrected chi connectivity index (χ3v) is 4.68. The molecule has 2 aliphatic rings. The predicted octanol–water partition coefficient (Wildman–Crippen LogP) is 3.00. The Morgan fingerprint density at radius 2 is 2.00 bits per heavy atom. The number of rotatable bonds is 4. The van der Waals surface area contributed by atoms with Crippen LogP contribution in [0.1, 0.15) is 51.4 Å². The van der Waals surface area contributed by atoms with Gasteiger partial charge in [-0.05, 0) is 57.5 Å². The molecule has 1 amide bonds. The monoisotopic (exact) mass is 306 g/mol. The number of halogens is 3. The lowest BCUT2D eigenvalue weighted by Crippen LogP contribution is -2.41. The highest BCUT2D eigenvalue weighted by atomic mass is 19.4. The first-order chi connectivity index (χ1) is 9.95. The molecule has 21 heavy (non-hydrogen) atoms. The topological polar surface area (TPSA) is 41.1 Å². The highest BCUT2D eigenvalue weighted by Gasteiger charge is 2.42. The van der Waals surface area contributed by atoms with E-state index in [1.54, 1.807) is 0 Å². The fourth-order valence-corrected chi connectivity index (χ4v) is 3.42. The van der Waals surface area contributed by atoms with Gasteiger partial charge in [0, 0.05) is 12.5 Å². The second-order valence-electron chi connectivity index (χ2n) is 6.42. The average Bonchev–Trinajstić information content (AvgIpc) is 2.46. The zero-order chi connectivity index (χ0) is 15.3. The Labute approximate surface area is 124 Å². The SMILES string of the molecule is O=C(CCC1CCCNC1)NC1CCCC(C(F)(F)F)C1. The number of alkyl halides is 3. The molecule has 6 heteroatoms. The van der Waals surface area contributed by atoms with Crippen LogP contribution in [0.25, 0.3) is 0 Å². The predicted molar refractivity (Wildman–Crippen MR) is 74.8 cm³/mol. The van der Waals surface area contributed by atoms with Crippen molar-refractivity contribution >= 4 is 5.91 Å². The Balaban J connectivity index is 1.69. The first-order valence-corrected chi connectivity index (χ1v) is 8.02. The second kappa shape index (κ2) is 7.47. The van der Waals surface area contributed by atoms with Crippen LogP contribution in [-0.4, -0.2) is 31.2 Å². The Morgan fingerprint density at radius 3 is 2.67 bits per heavy atom. The third-order valence-electron chi connectivity index (χ3n) is 4.68. The van der Waals surface area contributed by atoms with Gasteiger partial charge in [-0.15, -0.1) is 0 Å². The molecule has 0 aromatic heterocycles. The summed E-state index contributed by atoms with van der Waals surface area (Å²) in [4.78, 5) is 11.9. The zero-order valence-corrected chi connectivity index (χ0v) is 12.3. The maximum atomic E-state index is 12.7. The Bertz CT molecular complexity index is 340. The number of piperidine rings is 1. The van der Waals surface area contributed by atoms with Crippen molar-refractivity contribution in [1.29, 1.82) is 0 Å². The molecule has 1 saturated carbocycles. The number of carbonyl (C=O) groups excluding carboxylic acids is 1. The van der Waals surface area contributed by atoms with Gasteiger partial charge in [-0.25, -0.2) is 0 Å². The van der Waals surface area contributed by atoms with Crippen LogP contribution in [0.15, 0.2) is 0 Å². The lowest BCUT2D eigenvalue weighted by Gasteiger charge is -2.31. The van der Waals surface area contributed by atoms with E-state index in [4.69, 9.17) is 0 Å². The number of carbonyl (C=O) groups is 1. The number of hydrogen-bond acceptors (Lipinski definition) is 2. The van der Waals surface area contributed by atoms with Crippen LogP contribution in [0.5, 0.6) is 0 Å². The summed E-state index contributed by atoms with van der Waals surface area (Å²) in [6.07, 6.45) is 0.863. The molecule has 0 aromatic rings. The molecular weight excluding hydrogens is 281 g/mol. The molecule has 2 N–H and O–H groups in total. The van der Waals surface area contributed by atoms with Crippen LogP contribution in [0.4, 0.5) is 13.2 Å². The van der Waals surface area contributed by atoms with Gasteiger partial charge in [0.05, 0.1) is 5.92 Å². The summed E-state index contributed by atoms with van der Waals surface area (Å²) in [5, 5.41) is 6.11. The van der Waals surface area contributed by atoms with E-state index in [0.717, 1.165) is 32.4 Å². The standard InChI is InChI=1S/C15H25F3N2O/c16-15(17,18)12-4-1-5-13(9-12)20-14(21)7-6-11-3-2-8-19-10-11/h11-13,19H,1-10H2,(H,20,21). The van der Waals surface area contributed by atoms with Crippen LogP contribution >= 0.6 is 0 Å². The van der Waals surface area contributed by atoms with Gasteiger partial charge in [-0.1, -0.05) is 6.42 Å². The molecule has 0 aromatic carbocycles. The van der Waals surface area contributed by atoms with Crippen molar-refractivity contribution in [2.45, 2.75) is 63.6 Å². The van der Waals surface area contributed by atoms with Gasteiger partial charge in [0.15, 0.2) is 0 Å².